The van der Waals surface area contributed by atoms with Gasteiger partial charge < -0.3 is 10.4 Å². The number of hydrogen-bond donors (Lipinski definition) is 2. The Balaban J connectivity index is 2.63. The summed E-state index contributed by atoms with van der Waals surface area (Å²) in [5, 5.41) is 11.7. The summed E-state index contributed by atoms with van der Waals surface area (Å²) in [6.07, 6.45) is 0.517. The van der Waals surface area contributed by atoms with E-state index in [1.54, 1.807) is 18.8 Å². The van der Waals surface area contributed by atoms with Gasteiger partial charge in [-0.1, -0.05) is 19.1 Å². The molecule has 1 aromatic rings. The molecule has 1 rings (SSSR count). The van der Waals surface area contributed by atoms with Crippen LogP contribution in [-0.4, -0.2) is 29.9 Å². The number of carboxylic acid groups (broad SMARTS) is 1. The minimum Gasteiger partial charge on any atom is -0.480 e. The van der Waals surface area contributed by atoms with Crippen LogP contribution in [0.2, 0.25) is 0 Å². The van der Waals surface area contributed by atoms with E-state index in [1.165, 1.54) is 4.90 Å². The number of nitrogens with one attached hydrogen (secondary N) is 1. The van der Waals surface area contributed by atoms with Crippen LogP contribution in [0.15, 0.2) is 29.2 Å². The molecule has 1 atom stereocenters. The van der Waals surface area contributed by atoms with Crippen LogP contribution in [0, 0.1) is 0 Å². The van der Waals surface area contributed by atoms with Crippen LogP contribution in [0.5, 0.6) is 0 Å². The van der Waals surface area contributed by atoms with Crippen LogP contribution in [0.1, 0.15) is 12.5 Å². The molecule has 0 amide bonds. The predicted molar refractivity (Wildman–Crippen MR) is 67.0 cm³/mol. The van der Waals surface area contributed by atoms with Gasteiger partial charge in [-0.25, -0.2) is 0 Å². The van der Waals surface area contributed by atoms with Gasteiger partial charge in [-0.2, -0.15) is 0 Å². The van der Waals surface area contributed by atoms with Gasteiger partial charge in [0, 0.05) is 4.90 Å². The third-order valence-electron chi connectivity index (χ3n) is 2.32. The van der Waals surface area contributed by atoms with Crippen LogP contribution in [-0.2, 0) is 11.2 Å². The van der Waals surface area contributed by atoms with Crippen molar-refractivity contribution in [3.63, 3.8) is 0 Å². The Labute approximate surface area is 100 Å². The van der Waals surface area contributed by atoms with Gasteiger partial charge in [0.1, 0.15) is 6.04 Å². The highest BCUT2D eigenvalue weighted by molar-refractivity contribution is 7.99. The summed E-state index contributed by atoms with van der Waals surface area (Å²) in [5.41, 5.74) is 1.04. The van der Waals surface area contributed by atoms with Crippen molar-refractivity contribution in [1.29, 1.82) is 0 Å². The number of aliphatic carboxylic acids is 1. The third kappa shape index (κ3) is 3.87. The maximum Gasteiger partial charge on any atom is 0.321 e. The van der Waals surface area contributed by atoms with Gasteiger partial charge >= 0.3 is 5.97 Å². The summed E-state index contributed by atoms with van der Waals surface area (Å²) in [6, 6.07) is 7.55. The predicted octanol–water partition coefficient (Wildman–Crippen LogP) is 2.01. The molecule has 0 aromatic heterocycles. The number of hydrogen-bond acceptors (Lipinski definition) is 3. The first-order chi connectivity index (χ1) is 7.67. The Kier molecular flexibility index (Phi) is 5.35. The summed E-state index contributed by atoms with van der Waals surface area (Å²) in [4.78, 5) is 12.1. The number of benzene rings is 1. The molecule has 0 aliphatic rings. The second kappa shape index (κ2) is 6.55. The summed E-state index contributed by atoms with van der Waals surface area (Å²) < 4.78 is 0. The van der Waals surface area contributed by atoms with Crippen LogP contribution in [0.25, 0.3) is 0 Å². The lowest BCUT2D eigenvalue weighted by Crippen LogP contribution is -2.35. The number of thioether (sulfide) groups is 1. The van der Waals surface area contributed by atoms with E-state index in [0.29, 0.717) is 6.42 Å². The largest absolute Gasteiger partial charge is 0.480 e. The van der Waals surface area contributed by atoms with Crippen molar-refractivity contribution in [3.05, 3.63) is 29.8 Å². The topological polar surface area (TPSA) is 49.3 Å². The first-order valence-electron chi connectivity index (χ1n) is 5.29. The van der Waals surface area contributed by atoms with Crippen molar-refractivity contribution in [2.45, 2.75) is 24.3 Å². The molecule has 88 valence electrons. The van der Waals surface area contributed by atoms with Gasteiger partial charge in [-0.15, -0.1) is 11.8 Å². The molecule has 0 aliphatic carbocycles. The van der Waals surface area contributed by atoms with Gasteiger partial charge in [0.05, 0.1) is 0 Å². The minimum absolute atomic E-state index is 0.510. The van der Waals surface area contributed by atoms with Crippen LogP contribution in [0.4, 0.5) is 0 Å². The monoisotopic (exact) mass is 239 g/mol. The zero-order chi connectivity index (χ0) is 12.0. The minimum atomic E-state index is -0.811. The number of carbonyl (C=O) groups is 1. The lowest BCUT2D eigenvalue weighted by Gasteiger charge is -2.11. The molecular formula is C12H17NO2S. The maximum atomic E-state index is 10.8. The Morgan fingerprint density at radius 2 is 2.06 bits per heavy atom. The smallest absolute Gasteiger partial charge is 0.321 e. The molecule has 0 aliphatic heterocycles. The molecule has 4 heteroatoms. The van der Waals surface area contributed by atoms with E-state index in [0.717, 1.165) is 11.3 Å². The number of rotatable bonds is 6. The summed E-state index contributed by atoms with van der Waals surface area (Å²) in [6.45, 7) is 2.11. The first-order valence-corrected chi connectivity index (χ1v) is 6.27. The SMILES string of the molecule is CCSc1ccc(CC(NC)C(=O)O)cc1. The molecule has 0 heterocycles. The van der Waals surface area contributed by atoms with Gasteiger partial charge in [-0.05, 0) is 36.9 Å². The van der Waals surface area contributed by atoms with E-state index in [4.69, 9.17) is 5.11 Å². The van der Waals surface area contributed by atoms with Crippen molar-refractivity contribution in [2.24, 2.45) is 0 Å². The summed E-state index contributed by atoms with van der Waals surface area (Å²) >= 11 is 1.78. The van der Waals surface area contributed by atoms with E-state index < -0.39 is 12.0 Å². The van der Waals surface area contributed by atoms with Crippen molar-refractivity contribution >= 4 is 17.7 Å². The average molecular weight is 239 g/mol. The van der Waals surface area contributed by atoms with Crippen molar-refractivity contribution < 1.29 is 9.90 Å². The molecule has 1 unspecified atom stereocenters. The van der Waals surface area contributed by atoms with Crippen molar-refractivity contribution in [1.82, 2.24) is 5.32 Å². The fourth-order valence-electron chi connectivity index (χ4n) is 1.44. The van der Waals surface area contributed by atoms with Gasteiger partial charge in [0.2, 0.25) is 0 Å². The Hall–Kier alpha value is -1.00. The second-order valence-electron chi connectivity index (χ2n) is 3.46. The molecule has 0 fully saturated rings. The van der Waals surface area contributed by atoms with Gasteiger partial charge in [-0.3, -0.25) is 4.79 Å². The fourth-order valence-corrected chi connectivity index (χ4v) is 2.10. The van der Waals surface area contributed by atoms with Crippen LogP contribution >= 0.6 is 11.8 Å². The molecule has 0 saturated heterocycles. The van der Waals surface area contributed by atoms with E-state index in [1.807, 2.05) is 24.3 Å². The Morgan fingerprint density at radius 3 is 2.50 bits per heavy atom. The molecule has 3 nitrogen and oxygen atoms in total. The van der Waals surface area contributed by atoms with E-state index >= 15 is 0 Å². The highest BCUT2D eigenvalue weighted by atomic mass is 32.2. The molecule has 1 aromatic carbocycles. The van der Waals surface area contributed by atoms with E-state index in [-0.39, 0.29) is 0 Å². The summed E-state index contributed by atoms with van der Waals surface area (Å²) in [7, 11) is 1.67. The van der Waals surface area contributed by atoms with E-state index in [2.05, 4.69) is 12.2 Å². The van der Waals surface area contributed by atoms with Gasteiger partial charge in [0.15, 0.2) is 0 Å². The molecule has 0 bridgehead atoms. The molecule has 0 spiro atoms. The standard InChI is InChI=1S/C12H17NO2S/c1-3-16-10-6-4-9(5-7-10)8-11(13-2)12(14)15/h4-7,11,13H,3,8H2,1-2H3,(H,14,15). The number of carboxylic acids is 1. The van der Waals surface area contributed by atoms with Crippen molar-refractivity contribution in [2.75, 3.05) is 12.8 Å². The Morgan fingerprint density at radius 1 is 1.44 bits per heavy atom. The molecule has 0 saturated carbocycles. The molecular weight excluding hydrogens is 222 g/mol. The average Bonchev–Trinajstić information content (AvgIpc) is 2.28. The lowest BCUT2D eigenvalue weighted by atomic mass is 10.1. The van der Waals surface area contributed by atoms with Crippen LogP contribution in [0.3, 0.4) is 0 Å². The fraction of sp³-hybridized carbons (Fsp3) is 0.417. The van der Waals surface area contributed by atoms with Gasteiger partial charge in [0.25, 0.3) is 0 Å². The third-order valence-corrected chi connectivity index (χ3v) is 3.21. The second-order valence-corrected chi connectivity index (χ2v) is 4.80. The number of likely N-dealkylation sites (N-methyl/N-ethyl adjacent to an activating group) is 1. The quantitative estimate of drug-likeness (QED) is 0.746. The zero-order valence-corrected chi connectivity index (χ0v) is 10.4. The highest BCUT2D eigenvalue weighted by Gasteiger charge is 2.14. The normalized spacial score (nSPS) is 12.4. The first kappa shape index (κ1) is 13.1. The Bertz CT molecular complexity index is 337. The molecule has 0 radical (unpaired) electrons. The van der Waals surface area contributed by atoms with Crippen LogP contribution < -0.4 is 5.32 Å². The highest BCUT2D eigenvalue weighted by Crippen LogP contribution is 2.18. The lowest BCUT2D eigenvalue weighted by molar-refractivity contribution is -0.139. The van der Waals surface area contributed by atoms with E-state index in [9.17, 15) is 4.79 Å². The molecule has 2 N–H and O–H groups in total. The summed E-state index contributed by atoms with van der Waals surface area (Å²) in [5.74, 6) is 0.239. The van der Waals surface area contributed by atoms with Crippen molar-refractivity contribution in [3.8, 4) is 0 Å². The molecule has 16 heavy (non-hydrogen) atoms. The zero-order valence-electron chi connectivity index (χ0n) is 9.56. The maximum absolute atomic E-state index is 10.8.